The van der Waals surface area contributed by atoms with E-state index in [0.717, 1.165) is 0 Å². The minimum absolute atomic E-state index is 0.0166. The van der Waals surface area contributed by atoms with Gasteiger partial charge in [-0.3, -0.25) is 4.40 Å². The minimum Gasteiger partial charge on any atom is -0.396 e. The number of pyridine rings is 1. The first-order chi connectivity index (χ1) is 6.31. The SMILES string of the molecule is OCCc1nnc2ccc(F)cn12. The molecule has 0 aliphatic rings. The largest absolute Gasteiger partial charge is 0.396 e. The highest BCUT2D eigenvalue weighted by molar-refractivity contribution is 5.37. The van der Waals surface area contributed by atoms with Crippen LogP contribution >= 0.6 is 0 Å². The number of aliphatic hydroxyl groups is 1. The van der Waals surface area contributed by atoms with Crippen molar-refractivity contribution in [3.8, 4) is 0 Å². The van der Waals surface area contributed by atoms with Crippen LogP contribution in [0.2, 0.25) is 0 Å². The standard InChI is InChI=1S/C8H8FN3O/c9-6-1-2-7-10-11-8(3-4-13)12(7)5-6/h1-2,5,13H,3-4H2. The second-order valence-corrected chi connectivity index (χ2v) is 2.67. The molecule has 4 nitrogen and oxygen atoms in total. The number of hydrogen-bond donors (Lipinski definition) is 1. The van der Waals surface area contributed by atoms with E-state index in [2.05, 4.69) is 10.2 Å². The number of hydrogen-bond acceptors (Lipinski definition) is 3. The average molecular weight is 181 g/mol. The van der Waals surface area contributed by atoms with E-state index in [1.54, 1.807) is 6.07 Å². The molecule has 2 aromatic heterocycles. The van der Waals surface area contributed by atoms with Crippen LogP contribution in [-0.2, 0) is 6.42 Å². The maximum atomic E-state index is 12.8. The summed E-state index contributed by atoms with van der Waals surface area (Å²) in [5.74, 6) is 0.225. The summed E-state index contributed by atoms with van der Waals surface area (Å²) < 4.78 is 14.3. The fourth-order valence-electron chi connectivity index (χ4n) is 1.18. The second-order valence-electron chi connectivity index (χ2n) is 2.67. The van der Waals surface area contributed by atoms with E-state index in [4.69, 9.17) is 5.11 Å². The average Bonchev–Trinajstić information content (AvgIpc) is 2.49. The number of aliphatic hydroxyl groups excluding tert-OH is 1. The van der Waals surface area contributed by atoms with Crippen molar-refractivity contribution >= 4 is 5.65 Å². The smallest absolute Gasteiger partial charge is 0.160 e. The van der Waals surface area contributed by atoms with E-state index >= 15 is 0 Å². The third-order valence-corrected chi connectivity index (χ3v) is 1.77. The van der Waals surface area contributed by atoms with Crippen LogP contribution in [0.4, 0.5) is 4.39 Å². The number of fused-ring (bicyclic) bond motifs is 1. The molecule has 5 heteroatoms. The molecule has 0 saturated carbocycles. The Balaban J connectivity index is 2.58. The monoisotopic (exact) mass is 181 g/mol. The number of nitrogens with zero attached hydrogens (tertiary/aromatic N) is 3. The van der Waals surface area contributed by atoms with Gasteiger partial charge in [0.2, 0.25) is 0 Å². The maximum Gasteiger partial charge on any atom is 0.160 e. The van der Waals surface area contributed by atoms with Crippen LogP contribution in [0.15, 0.2) is 18.3 Å². The quantitative estimate of drug-likeness (QED) is 0.729. The van der Waals surface area contributed by atoms with E-state index in [-0.39, 0.29) is 12.4 Å². The third kappa shape index (κ3) is 1.38. The summed E-state index contributed by atoms with van der Waals surface area (Å²) in [6.07, 6.45) is 1.69. The van der Waals surface area contributed by atoms with Gasteiger partial charge in [-0.1, -0.05) is 0 Å². The molecule has 1 N–H and O–H groups in total. The molecule has 0 bridgehead atoms. The predicted octanol–water partition coefficient (Wildman–Crippen LogP) is 0.403. The molecule has 0 aliphatic heterocycles. The number of halogens is 1. The molecule has 0 aliphatic carbocycles. The molecule has 0 fully saturated rings. The zero-order chi connectivity index (χ0) is 9.26. The first-order valence-corrected chi connectivity index (χ1v) is 3.91. The summed E-state index contributed by atoms with van der Waals surface area (Å²) >= 11 is 0. The van der Waals surface area contributed by atoms with Crippen LogP contribution < -0.4 is 0 Å². The Morgan fingerprint density at radius 1 is 1.38 bits per heavy atom. The van der Waals surface area contributed by atoms with E-state index in [1.165, 1.54) is 16.7 Å². The molecule has 0 unspecified atom stereocenters. The van der Waals surface area contributed by atoms with Crippen LogP contribution in [0.3, 0.4) is 0 Å². The van der Waals surface area contributed by atoms with Gasteiger partial charge in [0.1, 0.15) is 11.6 Å². The molecule has 2 heterocycles. The highest BCUT2D eigenvalue weighted by Gasteiger charge is 2.04. The molecule has 0 atom stereocenters. The van der Waals surface area contributed by atoms with Gasteiger partial charge in [-0.15, -0.1) is 10.2 Å². The van der Waals surface area contributed by atoms with Crippen LogP contribution in [0.1, 0.15) is 5.82 Å². The molecule has 0 radical (unpaired) electrons. The fourth-order valence-corrected chi connectivity index (χ4v) is 1.18. The molecule has 0 aromatic carbocycles. The summed E-state index contributed by atoms with van der Waals surface area (Å²) in [4.78, 5) is 0. The topological polar surface area (TPSA) is 50.4 Å². The van der Waals surface area contributed by atoms with Crippen molar-refractivity contribution in [3.05, 3.63) is 30.0 Å². The van der Waals surface area contributed by atoms with Gasteiger partial charge in [0, 0.05) is 12.6 Å². The predicted molar refractivity (Wildman–Crippen MR) is 43.7 cm³/mol. The summed E-state index contributed by atoms with van der Waals surface area (Å²) in [5.41, 5.74) is 0.588. The van der Waals surface area contributed by atoms with Gasteiger partial charge in [-0.05, 0) is 12.1 Å². The Hall–Kier alpha value is -1.49. The Kier molecular flexibility index (Phi) is 1.94. The van der Waals surface area contributed by atoms with Crippen LogP contribution in [0, 0.1) is 5.82 Å². The minimum atomic E-state index is -0.341. The molecule has 2 aromatic rings. The maximum absolute atomic E-state index is 12.8. The van der Waals surface area contributed by atoms with Crippen molar-refractivity contribution in [1.29, 1.82) is 0 Å². The van der Waals surface area contributed by atoms with Crippen molar-refractivity contribution in [2.45, 2.75) is 6.42 Å². The lowest BCUT2D eigenvalue weighted by Crippen LogP contribution is -1.98. The summed E-state index contributed by atoms with van der Waals surface area (Å²) in [7, 11) is 0. The molecule has 0 amide bonds. The lowest BCUT2D eigenvalue weighted by molar-refractivity contribution is 0.296. The second kappa shape index (κ2) is 3.10. The van der Waals surface area contributed by atoms with Gasteiger partial charge in [-0.25, -0.2) is 4.39 Å². The van der Waals surface area contributed by atoms with E-state index < -0.39 is 0 Å². The Morgan fingerprint density at radius 2 is 2.23 bits per heavy atom. The highest BCUT2D eigenvalue weighted by Crippen LogP contribution is 2.05. The zero-order valence-electron chi connectivity index (χ0n) is 6.81. The van der Waals surface area contributed by atoms with Gasteiger partial charge >= 0.3 is 0 Å². The summed E-state index contributed by atoms with van der Waals surface area (Å²) in [5, 5.41) is 16.3. The van der Waals surface area contributed by atoms with Gasteiger partial charge in [0.15, 0.2) is 5.65 Å². The van der Waals surface area contributed by atoms with Gasteiger partial charge in [-0.2, -0.15) is 0 Å². The van der Waals surface area contributed by atoms with Crippen molar-refractivity contribution in [2.24, 2.45) is 0 Å². The van der Waals surface area contributed by atoms with Crippen LogP contribution in [0.25, 0.3) is 5.65 Å². The first-order valence-electron chi connectivity index (χ1n) is 3.91. The molecule has 68 valence electrons. The Labute approximate surface area is 73.6 Å². The molecule has 0 saturated heterocycles. The zero-order valence-corrected chi connectivity index (χ0v) is 6.81. The van der Waals surface area contributed by atoms with Crippen LogP contribution in [-0.4, -0.2) is 26.3 Å². The van der Waals surface area contributed by atoms with Crippen molar-refractivity contribution in [1.82, 2.24) is 14.6 Å². The molecule has 0 spiro atoms. The highest BCUT2D eigenvalue weighted by atomic mass is 19.1. The van der Waals surface area contributed by atoms with Crippen molar-refractivity contribution in [3.63, 3.8) is 0 Å². The van der Waals surface area contributed by atoms with E-state index in [9.17, 15) is 4.39 Å². The van der Waals surface area contributed by atoms with E-state index in [0.29, 0.717) is 17.9 Å². The lowest BCUT2D eigenvalue weighted by Gasteiger charge is -1.96. The van der Waals surface area contributed by atoms with Crippen molar-refractivity contribution in [2.75, 3.05) is 6.61 Å². The molecule has 2 rings (SSSR count). The molecular formula is C8H8FN3O. The Morgan fingerprint density at radius 3 is 3.00 bits per heavy atom. The molecular weight excluding hydrogens is 173 g/mol. The van der Waals surface area contributed by atoms with E-state index in [1.807, 2.05) is 0 Å². The van der Waals surface area contributed by atoms with Gasteiger partial charge in [0.25, 0.3) is 0 Å². The van der Waals surface area contributed by atoms with Gasteiger partial charge < -0.3 is 5.11 Å². The number of aromatic nitrogens is 3. The Bertz CT molecular complexity index is 426. The fraction of sp³-hybridized carbons (Fsp3) is 0.250. The van der Waals surface area contributed by atoms with Crippen molar-refractivity contribution < 1.29 is 9.50 Å². The van der Waals surface area contributed by atoms with Crippen LogP contribution in [0.5, 0.6) is 0 Å². The first kappa shape index (κ1) is 8.12. The summed E-state index contributed by atoms with van der Waals surface area (Å²) in [6.45, 7) is -0.0166. The van der Waals surface area contributed by atoms with Gasteiger partial charge in [0.05, 0.1) is 6.61 Å². The molecule has 13 heavy (non-hydrogen) atoms. The summed E-state index contributed by atoms with van der Waals surface area (Å²) in [6, 6.07) is 2.87. The number of rotatable bonds is 2. The lowest BCUT2D eigenvalue weighted by atomic mass is 10.4. The normalized spacial score (nSPS) is 10.9. The third-order valence-electron chi connectivity index (χ3n) is 1.77.